The van der Waals surface area contributed by atoms with Crippen molar-refractivity contribution in [3.05, 3.63) is 17.8 Å². The van der Waals surface area contributed by atoms with Gasteiger partial charge in [-0.25, -0.2) is 4.98 Å². The molecule has 0 saturated carbocycles. The van der Waals surface area contributed by atoms with Gasteiger partial charge in [0, 0.05) is 31.7 Å². The Kier molecular flexibility index (Phi) is 4.18. The van der Waals surface area contributed by atoms with Crippen LogP contribution >= 0.6 is 0 Å². The monoisotopic (exact) mass is 237 g/mol. The molecule has 4 nitrogen and oxygen atoms in total. The SMILES string of the molecule is CCC1CN(Cc2ncoc2C)C(CC)CN1. The number of rotatable bonds is 4. The maximum absolute atomic E-state index is 5.27. The zero-order chi connectivity index (χ0) is 12.3. The number of nitrogens with one attached hydrogen (secondary N) is 1. The first-order valence-corrected chi connectivity index (χ1v) is 6.61. The summed E-state index contributed by atoms with van der Waals surface area (Å²) in [6.45, 7) is 9.60. The van der Waals surface area contributed by atoms with Gasteiger partial charge < -0.3 is 9.73 Å². The van der Waals surface area contributed by atoms with E-state index in [9.17, 15) is 0 Å². The number of aryl methyl sites for hydroxylation is 1. The van der Waals surface area contributed by atoms with Gasteiger partial charge in [0.25, 0.3) is 0 Å². The highest BCUT2D eigenvalue weighted by Gasteiger charge is 2.26. The lowest BCUT2D eigenvalue weighted by Gasteiger charge is -2.39. The van der Waals surface area contributed by atoms with E-state index in [-0.39, 0.29) is 0 Å². The summed E-state index contributed by atoms with van der Waals surface area (Å²) in [6, 6.07) is 1.24. The summed E-state index contributed by atoms with van der Waals surface area (Å²) in [5.41, 5.74) is 1.08. The van der Waals surface area contributed by atoms with Crippen molar-refractivity contribution < 1.29 is 4.42 Å². The summed E-state index contributed by atoms with van der Waals surface area (Å²) in [6.07, 6.45) is 3.91. The average Bonchev–Trinajstić information content (AvgIpc) is 2.75. The molecule has 1 aliphatic heterocycles. The van der Waals surface area contributed by atoms with Crippen LogP contribution in [0.1, 0.15) is 38.1 Å². The van der Waals surface area contributed by atoms with Crippen LogP contribution in [0.5, 0.6) is 0 Å². The fourth-order valence-corrected chi connectivity index (χ4v) is 2.47. The summed E-state index contributed by atoms with van der Waals surface area (Å²) in [5.74, 6) is 0.950. The molecule has 1 fully saturated rings. The molecule has 2 unspecified atom stereocenters. The van der Waals surface area contributed by atoms with Crippen LogP contribution in [-0.4, -0.2) is 35.1 Å². The van der Waals surface area contributed by atoms with Gasteiger partial charge in [0.05, 0.1) is 5.69 Å². The summed E-state index contributed by atoms with van der Waals surface area (Å²) in [7, 11) is 0. The van der Waals surface area contributed by atoms with Crippen molar-refractivity contribution in [1.29, 1.82) is 0 Å². The lowest BCUT2D eigenvalue weighted by Crippen LogP contribution is -2.55. The first-order chi connectivity index (χ1) is 8.24. The molecule has 0 spiro atoms. The van der Waals surface area contributed by atoms with Crippen molar-refractivity contribution in [2.75, 3.05) is 13.1 Å². The summed E-state index contributed by atoms with van der Waals surface area (Å²) in [4.78, 5) is 6.84. The lowest BCUT2D eigenvalue weighted by molar-refractivity contribution is 0.115. The van der Waals surface area contributed by atoms with Crippen molar-refractivity contribution in [3.63, 3.8) is 0 Å². The van der Waals surface area contributed by atoms with E-state index in [1.54, 1.807) is 6.39 Å². The van der Waals surface area contributed by atoms with Gasteiger partial charge in [-0.05, 0) is 19.8 Å². The van der Waals surface area contributed by atoms with E-state index in [1.165, 1.54) is 12.8 Å². The Labute approximate surface area is 103 Å². The summed E-state index contributed by atoms with van der Waals surface area (Å²) < 4.78 is 5.27. The molecule has 2 rings (SSSR count). The fourth-order valence-electron chi connectivity index (χ4n) is 2.47. The number of oxazole rings is 1. The van der Waals surface area contributed by atoms with Crippen LogP contribution in [0.15, 0.2) is 10.8 Å². The molecule has 96 valence electrons. The van der Waals surface area contributed by atoms with Crippen molar-refractivity contribution in [2.24, 2.45) is 0 Å². The highest BCUT2D eigenvalue weighted by molar-refractivity contribution is 5.05. The zero-order valence-corrected chi connectivity index (χ0v) is 11.1. The molecule has 0 aliphatic carbocycles. The highest BCUT2D eigenvalue weighted by Crippen LogP contribution is 2.16. The summed E-state index contributed by atoms with van der Waals surface area (Å²) in [5, 5.41) is 3.61. The molecular weight excluding hydrogens is 214 g/mol. The Morgan fingerprint density at radius 2 is 2.29 bits per heavy atom. The standard InChI is InChI=1S/C13H23N3O/c1-4-11-7-16(12(5-2)6-14-11)8-13-10(3)17-9-15-13/h9,11-12,14H,4-8H2,1-3H3. The minimum absolute atomic E-state index is 0.616. The van der Waals surface area contributed by atoms with Crippen molar-refractivity contribution in [1.82, 2.24) is 15.2 Å². The van der Waals surface area contributed by atoms with Crippen LogP contribution in [-0.2, 0) is 6.54 Å². The molecule has 0 amide bonds. The Bertz CT molecular complexity index is 350. The number of piperazine rings is 1. The van der Waals surface area contributed by atoms with E-state index in [2.05, 4.69) is 29.0 Å². The molecule has 0 aromatic carbocycles. The van der Waals surface area contributed by atoms with Crippen LogP contribution < -0.4 is 5.32 Å². The quantitative estimate of drug-likeness (QED) is 0.869. The number of hydrogen-bond acceptors (Lipinski definition) is 4. The van der Waals surface area contributed by atoms with Gasteiger partial charge in [0.15, 0.2) is 6.39 Å². The largest absolute Gasteiger partial charge is 0.448 e. The maximum Gasteiger partial charge on any atom is 0.181 e. The van der Waals surface area contributed by atoms with E-state index in [0.717, 1.165) is 31.1 Å². The molecule has 2 heterocycles. The smallest absolute Gasteiger partial charge is 0.181 e. The minimum Gasteiger partial charge on any atom is -0.448 e. The second kappa shape index (κ2) is 5.65. The van der Waals surface area contributed by atoms with Crippen molar-refractivity contribution in [3.8, 4) is 0 Å². The Morgan fingerprint density at radius 1 is 1.47 bits per heavy atom. The van der Waals surface area contributed by atoms with Gasteiger partial charge in [0.1, 0.15) is 5.76 Å². The van der Waals surface area contributed by atoms with Gasteiger partial charge in [0.2, 0.25) is 0 Å². The fraction of sp³-hybridized carbons (Fsp3) is 0.769. The van der Waals surface area contributed by atoms with Crippen LogP contribution in [0.2, 0.25) is 0 Å². The van der Waals surface area contributed by atoms with E-state index < -0.39 is 0 Å². The maximum atomic E-state index is 5.27. The third-order valence-electron chi connectivity index (χ3n) is 3.77. The minimum atomic E-state index is 0.616. The molecule has 1 N–H and O–H groups in total. The van der Waals surface area contributed by atoms with Crippen LogP contribution in [0, 0.1) is 6.92 Å². The predicted molar refractivity (Wildman–Crippen MR) is 67.8 cm³/mol. The normalized spacial score (nSPS) is 26.3. The molecular formula is C13H23N3O. The molecule has 1 aromatic heterocycles. The number of hydrogen-bond donors (Lipinski definition) is 1. The molecule has 17 heavy (non-hydrogen) atoms. The molecule has 1 aromatic rings. The lowest BCUT2D eigenvalue weighted by atomic mass is 10.0. The Balaban J connectivity index is 2.03. The van der Waals surface area contributed by atoms with Gasteiger partial charge >= 0.3 is 0 Å². The summed E-state index contributed by atoms with van der Waals surface area (Å²) >= 11 is 0. The van der Waals surface area contributed by atoms with Gasteiger partial charge in [-0.3, -0.25) is 4.90 Å². The molecule has 1 saturated heterocycles. The number of aromatic nitrogens is 1. The van der Waals surface area contributed by atoms with E-state index in [4.69, 9.17) is 4.42 Å². The second-order valence-corrected chi connectivity index (χ2v) is 4.86. The third kappa shape index (κ3) is 2.87. The van der Waals surface area contributed by atoms with E-state index >= 15 is 0 Å². The average molecular weight is 237 g/mol. The van der Waals surface area contributed by atoms with Crippen LogP contribution in [0.25, 0.3) is 0 Å². The van der Waals surface area contributed by atoms with E-state index in [1.807, 2.05) is 6.92 Å². The topological polar surface area (TPSA) is 41.3 Å². The second-order valence-electron chi connectivity index (χ2n) is 4.86. The van der Waals surface area contributed by atoms with Gasteiger partial charge in [-0.1, -0.05) is 13.8 Å². The van der Waals surface area contributed by atoms with Gasteiger partial charge in [-0.2, -0.15) is 0 Å². The number of nitrogens with zero attached hydrogens (tertiary/aromatic N) is 2. The van der Waals surface area contributed by atoms with Gasteiger partial charge in [-0.15, -0.1) is 0 Å². The van der Waals surface area contributed by atoms with Crippen LogP contribution in [0.4, 0.5) is 0 Å². The van der Waals surface area contributed by atoms with E-state index in [0.29, 0.717) is 12.1 Å². The van der Waals surface area contributed by atoms with Crippen molar-refractivity contribution in [2.45, 2.75) is 52.2 Å². The Morgan fingerprint density at radius 3 is 2.88 bits per heavy atom. The molecule has 0 radical (unpaired) electrons. The first kappa shape index (κ1) is 12.6. The molecule has 2 atom stereocenters. The third-order valence-corrected chi connectivity index (χ3v) is 3.77. The first-order valence-electron chi connectivity index (χ1n) is 6.61. The zero-order valence-electron chi connectivity index (χ0n) is 11.1. The predicted octanol–water partition coefficient (Wildman–Crippen LogP) is 1.95. The molecule has 1 aliphatic rings. The molecule has 4 heteroatoms. The van der Waals surface area contributed by atoms with Crippen molar-refractivity contribution >= 4 is 0 Å². The highest BCUT2D eigenvalue weighted by atomic mass is 16.3. The molecule has 0 bridgehead atoms. The van der Waals surface area contributed by atoms with Crippen LogP contribution in [0.3, 0.4) is 0 Å². The Hall–Kier alpha value is -0.870.